The molecule has 1 amide bonds. The van der Waals surface area contributed by atoms with E-state index in [1.54, 1.807) is 12.1 Å². The van der Waals surface area contributed by atoms with Crippen LogP contribution in [0.4, 0.5) is 0 Å². The number of esters is 1. The third-order valence-electron chi connectivity index (χ3n) is 3.03. The van der Waals surface area contributed by atoms with Gasteiger partial charge in [-0.1, -0.05) is 12.1 Å². The van der Waals surface area contributed by atoms with Crippen molar-refractivity contribution in [1.29, 1.82) is 0 Å². The maximum atomic E-state index is 11.9. The van der Waals surface area contributed by atoms with Gasteiger partial charge in [-0.25, -0.2) is 4.79 Å². The summed E-state index contributed by atoms with van der Waals surface area (Å²) < 4.78 is 5.47. The minimum absolute atomic E-state index is 0.0379. The number of amides is 1. The quantitative estimate of drug-likeness (QED) is 0.835. The molecule has 1 aromatic carbocycles. The van der Waals surface area contributed by atoms with Gasteiger partial charge < -0.3 is 10.1 Å². The Morgan fingerprint density at radius 1 is 1.23 bits per heavy atom. The third kappa shape index (κ3) is 5.25. The molecule has 1 N–H and O–H groups in total. The summed E-state index contributed by atoms with van der Waals surface area (Å²) in [7, 11) is 0. The molecule has 0 saturated carbocycles. The number of hydrogen-bond donors (Lipinski definition) is 1. The molecule has 1 aliphatic rings. The second-order valence-electron chi connectivity index (χ2n) is 5.35. The zero-order chi connectivity index (χ0) is 15.9. The van der Waals surface area contributed by atoms with E-state index in [4.69, 9.17) is 4.74 Å². The monoisotopic (exact) mass is 339 g/mol. The zero-order valence-corrected chi connectivity index (χ0v) is 14.5. The number of nitrogens with one attached hydrogen (secondary N) is 1. The second-order valence-corrected chi connectivity index (χ2v) is 8.07. The van der Waals surface area contributed by atoms with E-state index >= 15 is 0 Å². The van der Waals surface area contributed by atoms with Gasteiger partial charge in [0.05, 0.1) is 10.1 Å². The first-order valence-corrected chi connectivity index (χ1v) is 9.45. The van der Waals surface area contributed by atoms with Crippen molar-refractivity contribution in [2.45, 2.75) is 30.9 Å². The molecule has 2 rings (SSSR count). The first-order chi connectivity index (χ1) is 10.6. The van der Waals surface area contributed by atoms with Gasteiger partial charge in [0.25, 0.3) is 5.91 Å². The molecule has 1 aliphatic heterocycles. The first-order valence-electron chi connectivity index (χ1n) is 7.36. The minimum atomic E-state index is -0.464. The number of hydrogen-bond acceptors (Lipinski definition) is 5. The summed E-state index contributed by atoms with van der Waals surface area (Å²) >= 11 is 3.89. The van der Waals surface area contributed by atoms with E-state index in [1.165, 1.54) is 23.5 Å². The number of rotatable bonds is 5. The summed E-state index contributed by atoms with van der Waals surface area (Å²) in [5, 5.41) is 2.68. The van der Waals surface area contributed by atoms with Crippen molar-refractivity contribution in [3.05, 3.63) is 35.4 Å². The van der Waals surface area contributed by atoms with Crippen LogP contribution in [-0.2, 0) is 9.53 Å². The molecule has 0 spiro atoms. The fourth-order valence-corrected chi connectivity index (χ4v) is 4.93. The Balaban J connectivity index is 1.86. The molecule has 6 heteroatoms. The molecule has 120 valence electrons. The summed E-state index contributed by atoms with van der Waals surface area (Å²) in [6.07, 6.45) is 1.26. The van der Waals surface area contributed by atoms with Gasteiger partial charge in [-0.3, -0.25) is 4.79 Å². The van der Waals surface area contributed by atoms with Crippen molar-refractivity contribution in [2.75, 3.05) is 18.1 Å². The van der Waals surface area contributed by atoms with Crippen molar-refractivity contribution in [3.8, 4) is 0 Å². The average molecular weight is 339 g/mol. The lowest BCUT2D eigenvalue weighted by Crippen LogP contribution is -2.33. The lowest BCUT2D eigenvalue weighted by atomic mass is 10.1. The molecule has 0 atom stereocenters. The predicted octanol–water partition coefficient (Wildman–Crippen LogP) is 3.24. The number of ether oxygens (including phenoxy) is 1. The van der Waals surface area contributed by atoms with Crippen molar-refractivity contribution in [2.24, 2.45) is 0 Å². The van der Waals surface area contributed by atoms with E-state index in [1.807, 2.05) is 49.5 Å². The molecular weight excluding hydrogens is 318 g/mol. The van der Waals surface area contributed by atoms with E-state index in [2.05, 4.69) is 5.32 Å². The van der Waals surface area contributed by atoms with Gasteiger partial charge >= 0.3 is 5.97 Å². The molecule has 4 nitrogen and oxygen atoms in total. The normalized spacial score (nSPS) is 15.6. The SMILES string of the molecule is CC(C)NC(=O)COC(=O)c1ccc(C2SCCCS2)cc1. The summed E-state index contributed by atoms with van der Waals surface area (Å²) in [6.45, 7) is 3.48. The highest BCUT2D eigenvalue weighted by Crippen LogP contribution is 2.43. The predicted molar refractivity (Wildman–Crippen MR) is 92.3 cm³/mol. The molecule has 0 unspecified atom stereocenters. The molecule has 0 aromatic heterocycles. The van der Waals surface area contributed by atoms with Crippen LogP contribution >= 0.6 is 23.5 Å². The Morgan fingerprint density at radius 3 is 2.45 bits per heavy atom. The number of carbonyl (C=O) groups excluding carboxylic acids is 2. The Labute approximate surface area is 139 Å². The van der Waals surface area contributed by atoms with E-state index in [-0.39, 0.29) is 18.6 Å². The average Bonchev–Trinajstić information content (AvgIpc) is 2.53. The Bertz CT molecular complexity index is 511. The molecule has 1 heterocycles. The van der Waals surface area contributed by atoms with Gasteiger partial charge in [-0.05, 0) is 49.5 Å². The van der Waals surface area contributed by atoms with Crippen LogP contribution in [0.5, 0.6) is 0 Å². The zero-order valence-electron chi connectivity index (χ0n) is 12.8. The number of carbonyl (C=O) groups is 2. The van der Waals surface area contributed by atoms with Crippen LogP contribution in [0.15, 0.2) is 24.3 Å². The number of benzene rings is 1. The molecule has 1 fully saturated rings. The summed E-state index contributed by atoms with van der Waals surface area (Å²) in [5.41, 5.74) is 1.70. The van der Waals surface area contributed by atoms with Crippen molar-refractivity contribution in [3.63, 3.8) is 0 Å². The standard InChI is InChI=1S/C16H21NO3S2/c1-11(2)17-14(18)10-20-15(19)12-4-6-13(7-5-12)16-21-8-3-9-22-16/h4-7,11,16H,3,8-10H2,1-2H3,(H,17,18). The molecular formula is C16H21NO3S2. The molecule has 0 aliphatic carbocycles. The first kappa shape index (κ1) is 17.2. The van der Waals surface area contributed by atoms with Gasteiger partial charge in [0.2, 0.25) is 0 Å². The molecule has 1 aromatic rings. The lowest BCUT2D eigenvalue weighted by molar-refractivity contribution is -0.124. The second kappa shape index (κ2) is 8.48. The van der Waals surface area contributed by atoms with Gasteiger partial charge in [0, 0.05) is 6.04 Å². The van der Waals surface area contributed by atoms with Crippen LogP contribution in [0, 0.1) is 0 Å². The van der Waals surface area contributed by atoms with Crippen LogP contribution in [-0.4, -0.2) is 36.0 Å². The maximum absolute atomic E-state index is 11.9. The summed E-state index contributed by atoms with van der Waals surface area (Å²) in [5.74, 6) is 1.63. The molecule has 0 bridgehead atoms. The molecule has 0 radical (unpaired) electrons. The summed E-state index contributed by atoms with van der Waals surface area (Å²) in [4.78, 5) is 23.4. The third-order valence-corrected chi connectivity index (χ3v) is 6.04. The molecule has 22 heavy (non-hydrogen) atoms. The van der Waals surface area contributed by atoms with Crippen LogP contribution in [0.2, 0.25) is 0 Å². The van der Waals surface area contributed by atoms with Crippen LogP contribution < -0.4 is 5.32 Å². The highest BCUT2D eigenvalue weighted by molar-refractivity contribution is 8.16. The van der Waals surface area contributed by atoms with Crippen LogP contribution in [0.1, 0.15) is 40.8 Å². The highest BCUT2D eigenvalue weighted by Gasteiger charge is 2.17. The van der Waals surface area contributed by atoms with E-state index in [0.29, 0.717) is 10.1 Å². The fraction of sp³-hybridized carbons (Fsp3) is 0.500. The van der Waals surface area contributed by atoms with E-state index < -0.39 is 5.97 Å². The maximum Gasteiger partial charge on any atom is 0.338 e. The number of thioether (sulfide) groups is 2. The van der Waals surface area contributed by atoms with Crippen LogP contribution in [0.25, 0.3) is 0 Å². The largest absolute Gasteiger partial charge is 0.452 e. The topological polar surface area (TPSA) is 55.4 Å². The highest BCUT2D eigenvalue weighted by atomic mass is 32.2. The van der Waals surface area contributed by atoms with Gasteiger partial charge in [-0.2, -0.15) is 0 Å². The summed E-state index contributed by atoms with van der Waals surface area (Å²) in [6, 6.07) is 7.53. The van der Waals surface area contributed by atoms with Crippen molar-refractivity contribution >= 4 is 35.4 Å². The van der Waals surface area contributed by atoms with Crippen LogP contribution in [0.3, 0.4) is 0 Å². The minimum Gasteiger partial charge on any atom is -0.452 e. The van der Waals surface area contributed by atoms with Gasteiger partial charge in [-0.15, -0.1) is 23.5 Å². The van der Waals surface area contributed by atoms with Crippen molar-refractivity contribution < 1.29 is 14.3 Å². The Morgan fingerprint density at radius 2 is 1.86 bits per heavy atom. The van der Waals surface area contributed by atoms with Gasteiger partial charge in [0.1, 0.15) is 0 Å². The smallest absolute Gasteiger partial charge is 0.338 e. The lowest BCUT2D eigenvalue weighted by Gasteiger charge is -2.21. The fourth-order valence-electron chi connectivity index (χ4n) is 2.03. The van der Waals surface area contributed by atoms with E-state index in [9.17, 15) is 9.59 Å². The van der Waals surface area contributed by atoms with E-state index in [0.717, 1.165) is 0 Å². The Hall–Kier alpha value is -1.14. The molecule has 1 saturated heterocycles. The Kier molecular flexibility index (Phi) is 6.64. The van der Waals surface area contributed by atoms with Crippen molar-refractivity contribution in [1.82, 2.24) is 5.32 Å². The van der Waals surface area contributed by atoms with Gasteiger partial charge in [0.15, 0.2) is 6.61 Å².